The molecule has 1 heterocycles. The summed E-state index contributed by atoms with van der Waals surface area (Å²) in [6, 6.07) is 15.4. The van der Waals surface area contributed by atoms with Gasteiger partial charge in [-0.05, 0) is 55.0 Å². The Morgan fingerprint density at radius 3 is 2.72 bits per heavy atom. The van der Waals surface area contributed by atoms with Gasteiger partial charge in [-0.15, -0.1) is 0 Å². The van der Waals surface area contributed by atoms with Crippen LogP contribution >= 0.6 is 27.5 Å². The van der Waals surface area contributed by atoms with Gasteiger partial charge in [0.15, 0.2) is 5.76 Å². The molecule has 4 rings (SSSR count). The zero-order valence-corrected chi connectivity index (χ0v) is 17.7. The molecule has 0 radical (unpaired) electrons. The number of Topliss-reactive ketones (excluding diaryl/α,β-unsaturated/α-hetero) is 1. The maximum Gasteiger partial charge on any atom is 0.231 e. The van der Waals surface area contributed by atoms with E-state index < -0.39 is 5.82 Å². The Morgan fingerprint density at radius 2 is 1.97 bits per heavy atom. The molecule has 0 spiro atoms. The molecule has 3 aromatic carbocycles. The predicted molar refractivity (Wildman–Crippen MR) is 114 cm³/mol. The molecule has 0 saturated carbocycles. The molecular weight excluding hydrogens is 459 g/mol. The number of ether oxygens (including phenoxy) is 2. The van der Waals surface area contributed by atoms with Crippen molar-refractivity contribution < 1.29 is 18.7 Å². The summed E-state index contributed by atoms with van der Waals surface area (Å²) >= 11 is 9.47. The third kappa shape index (κ3) is 3.93. The van der Waals surface area contributed by atoms with Crippen LogP contribution in [0.1, 0.15) is 27.0 Å². The van der Waals surface area contributed by atoms with Crippen molar-refractivity contribution in [2.75, 3.05) is 0 Å². The summed E-state index contributed by atoms with van der Waals surface area (Å²) in [5, 5.41) is 0.300. The van der Waals surface area contributed by atoms with Gasteiger partial charge in [-0.2, -0.15) is 0 Å². The summed E-state index contributed by atoms with van der Waals surface area (Å²) in [4.78, 5) is 12.7. The number of fused-ring (bicyclic) bond motifs is 1. The lowest BCUT2D eigenvalue weighted by atomic mass is 10.1. The molecule has 3 nitrogen and oxygen atoms in total. The number of ketones is 1. The fraction of sp³-hybridized carbons (Fsp3) is 0.0870. The van der Waals surface area contributed by atoms with E-state index in [1.807, 2.05) is 24.3 Å². The van der Waals surface area contributed by atoms with Gasteiger partial charge in [0.05, 0.1) is 10.6 Å². The summed E-state index contributed by atoms with van der Waals surface area (Å²) in [6.07, 6.45) is 1.70. The molecule has 1 aliphatic rings. The third-order valence-corrected chi connectivity index (χ3v) is 5.46. The molecule has 6 heteroatoms. The van der Waals surface area contributed by atoms with Gasteiger partial charge < -0.3 is 9.47 Å². The topological polar surface area (TPSA) is 35.5 Å². The molecule has 146 valence electrons. The highest BCUT2D eigenvalue weighted by molar-refractivity contribution is 9.10. The van der Waals surface area contributed by atoms with Crippen molar-refractivity contribution in [1.29, 1.82) is 0 Å². The Labute approximate surface area is 180 Å². The molecule has 0 aliphatic carbocycles. The number of carbonyl (C=O) groups excluding carboxylic acids is 1. The van der Waals surface area contributed by atoms with Crippen LogP contribution in [0.25, 0.3) is 6.08 Å². The highest BCUT2D eigenvalue weighted by atomic mass is 79.9. The maximum atomic E-state index is 14.0. The fourth-order valence-electron chi connectivity index (χ4n) is 3.09. The van der Waals surface area contributed by atoms with E-state index in [0.717, 1.165) is 10.0 Å². The fourth-order valence-corrected chi connectivity index (χ4v) is 3.73. The molecule has 0 aromatic heterocycles. The van der Waals surface area contributed by atoms with E-state index in [-0.39, 0.29) is 23.7 Å². The highest BCUT2D eigenvalue weighted by Gasteiger charge is 2.30. The summed E-state index contributed by atoms with van der Waals surface area (Å²) in [5.74, 6) is 0.581. The van der Waals surface area contributed by atoms with Crippen molar-refractivity contribution in [3.05, 3.63) is 97.9 Å². The molecule has 29 heavy (non-hydrogen) atoms. The second-order valence-electron chi connectivity index (χ2n) is 6.55. The summed E-state index contributed by atoms with van der Waals surface area (Å²) in [6.45, 7) is 1.77. The zero-order chi connectivity index (χ0) is 20.5. The van der Waals surface area contributed by atoms with Gasteiger partial charge in [0.2, 0.25) is 5.78 Å². The smallest absolute Gasteiger partial charge is 0.231 e. The second kappa shape index (κ2) is 8.01. The molecule has 0 N–H and O–H groups in total. The van der Waals surface area contributed by atoms with Gasteiger partial charge >= 0.3 is 0 Å². The number of hydrogen-bond donors (Lipinski definition) is 0. The Bertz CT molecular complexity index is 1140. The van der Waals surface area contributed by atoms with Gasteiger partial charge in [-0.1, -0.05) is 45.7 Å². The Hall–Kier alpha value is -2.63. The average molecular weight is 474 g/mol. The van der Waals surface area contributed by atoms with E-state index in [9.17, 15) is 9.18 Å². The zero-order valence-electron chi connectivity index (χ0n) is 15.3. The molecule has 0 saturated heterocycles. The van der Waals surface area contributed by atoms with Crippen molar-refractivity contribution in [1.82, 2.24) is 0 Å². The van der Waals surface area contributed by atoms with E-state index >= 15 is 0 Å². The van der Waals surface area contributed by atoms with Gasteiger partial charge in [-0.3, -0.25) is 4.79 Å². The molecule has 0 amide bonds. The first-order valence-electron chi connectivity index (χ1n) is 8.83. The Balaban J connectivity index is 1.60. The molecule has 0 unspecified atom stereocenters. The minimum Gasteiger partial charge on any atom is -0.488 e. The van der Waals surface area contributed by atoms with Gasteiger partial charge in [0, 0.05) is 15.6 Å². The first-order valence-corrected chi connectivity index (χ1v) is 10.0. The normalized spacial score (nSPS) is 14.1. The number of allylic oxidation sites excluding steroid dienone is 1. The predicted octanol–water partition coefficient (Wildman–Crippen LogP) is 6.75. The van der Waals surface area contributed by atoms with Crippen LogP contribution in [0.3, 0.4) is 0 Å². The lowest BCUT2D eigenvalue weighted by Crippen LogP contribution is -2.01. The van der Waals surface area contributed by atoms with E-state index in [4.69, 9.17) is 21.1 Å². The van der Waals surface area contributed by atoms with Crippen LogP contribution in [0.2, 0.25) is 5.02 Å². The van der Waals surface area contributed by atoms with Gasteiger partial charge in [0.25, 0.3) is 0 Å². The van der Waals surface area contributed by atoms with Crippen LogP contribution in [0.15, 0.2) is 64.8 Å². The quantitative estimate of drug-likeness (QED) is 0.393. The van der Waals surface area contributed by atoms with E-state index in [0.29, 0.717) is 27.6 Å². The molecule has 3 aromatic rings. The van der Waals surface area contributed by atoms with Crippen molar-refractivity contribution in [3.8, 4) is 11.5 Å². The van der Waals surface area contributed by atoms with Crippen LogP contribution < -0.4 is 9.47 Å². The standard InChI is InChI=1S/C23H15BrClFO3/c1-13-20(28-12-17-18(25)6-3-7-19(17)26)9-8-16-22(27)21(29-23(13)16)11-14-4-2-5-15(24)10-14/h2-11H,12H2,1H3/b21-11-. The van der Waals surface area contributed by atoms with E-state index in [2.05, 4.69) is 15.9 Å². The lowest BCUT2D eigenvalue weighted by molar-refractivity contribution is 0.101. The van der Waals surface area contributed by atoms with Crippen molar-refractivity contribution in [2.24, 2.45) is 0 Å². The maximum absolute atomic E-state index is 14.0. The molecular formula is C23H15BrClFO3. The van der Waals surface area contributed by atoms with Crippen LogP contribution in [0.5, 0.6) is 11.5 Å². The SMILES string of the molecule is Cc1c(OCc2c(F)cccc2Cl)ccc2c1O/C(=C\c1cccc(Br)c1)C2=O. The Kier molecular flexibility index (Phi) is 5.43. The second-order valence-corrected chi connectivity index (χ2v) is 7.87. The molecule has 0 fully saturated rings. The summed E-state index contributed by atoms with van der Waals surface area (Å²) < 4.78 is 26.5. The lowest BCUT2D eigenvalue weighted by Gasteiger charge is -2.12. The van der Waals surface area contributed by atoms with Gasteiger partial charge in [0.1, 0.15) is 23.9 Å². The largest absolute Gasteiger partial charge is 0.488 e. The van der Waals surface area contributed by atoms with Crippen molar-refractivity contribution in [3.63, 3.8) is 0 Å². The van der Waals surface area contributed by atoms with E-state index in [1.165, 1.54) is 6.07 Å². The minimum atomic E-state index is -0.429. The van der Waals surface area contributed by atoms with Crippen LogP contribution in [0, 0.1) is 12.7 Å². The van der Waals surface area contributed by atoms with Gasteiger partial charge in [-0.25, -0.2) is 4.39 Å². The van der Waals surface area contributed by atoms with Crippen LogP contribution in [-0.2, 0) is 6.61 Å². The van der Waals surface area contributed by atoms with E-state index in [1.54, 1.807) is 37.3 Å². The summed E-state index contributed by atoms with van der Waals surface area (Å²) in [5.41, 5.74) is 2.26. The highest BCUT2D eigenvalue weighted by Crippen LogP contribution is 2.39. The molecule has 0 bridgehead atoms. The average Bonchev–Trinajstić information content (AvgIpc) is 2.99. The number of halogens is 3. The number of carbonyl (C=O) groups is 1. The third-order valence-electron chi connectivity index (χ3n) is 4.62. The van der Waals surface area contributed by atoms with Crippen molar-refractivity contribution >= 4 is 39.4 Å². The minimum absolute atomic E-state index is 0.0280. The first kappa shape index (κ1) is 19.7. The molecule has 0 atom stereocenters. The number of benzene rings is 3. The number of rotatable bonds is 4. The summed E-state index contributed by atoms with van der Waals surface area (Å²) in [7, 11) is 0. The molecule has 1 aliphatic heterocycles. The first-order chi connectivity index (χ1) is 13.9. The Morgan fingerprint density at radius 1 is 1.17 bits per heavy atom. The van der Waals surface area contributed by atoms with Crippen molar-refractivity contribution in [2.45, 2.75) is 13.5 Å². The monoisotopic (exact) mass is 472 g/mol. The van der Waals surface area contributed by atoms with Crippen LogP contribution in [0.4, 0.5) is 4.39 Å². The van der Waals surface area contributed by atoms with Crippen LogP contribution in [-0.4, -0.2) is 5.78 Å². The number of hydrogen-bond acceptors (Lipinski definition) is 3.